The Morgan fingerprint density at radius 3 is 2.85 bits per heavy atom. The van der Waals surface area contributed by atoms with E-state index >= 15 is 0 Å². The zero-order chi connectivity index (χ0) is 14.6. The number of aryl methyl sites for hydroxylation is 1. The van der Waals surface area contributed by atoms with Crippen molar-refractivity contribution in [3.05, 3.63) is 28.2 Å². The summed E-state index contributed by atoms with van der Waals surface area (Å²) in [6.45, 7) is 2.97. The maximum absolute atomic E-state index is 12.1. The molecule has 0 bridgehead atoms. The van der Waals surface area contributed by atoms with Gasteiger partial charge in [0.25, 0.3) is 0 Å². The van der Waals surface area contributed by atoms with Gasteiger partial charge in [0.15, 0.2) is 0 Å². The fourth-order valence-electron chi connectivity index (χ4n) is 2.35. The number of hydrogen-bond donors (Lipinski definition) is 2. The first-order valence-corrected chi connectivity index (χ1v) is 9.41. The number of halogens is 1. The zero-order valence-corrected chi connectivity index (χ0v) is 14.1. The number of hydrogen-bond acceptors (Lipinski definition) is 3. The molecule has 0 amide bonds. The minimum atomic E-state index is -3.27. The molecule has 1 aliphatic rings. The number of sulfonamides is 1. The third-order valence-electron chi connectivity index (χ3n) is 3.59. The van der Waals surface area contributed by atoms with E-state index in [1.807, 2.05) is 13.0 Å². The topological polar surface area (TPSA) is 58.2 Å². The average Bonchev–Trinajstić information content (AvgIpc) is 2.42. The summed E-state index contributed by atoms with van der Waals surface area (Å²) in [5, 5.41) is 3.37. The summed E-state index contributed by atoms with van der Waals surface area (Å²) in [6, 6.07) is 5.82. The zero-order valence-electron chi connectivity index (χ0n) is 11.7. The third-order valence-corrected chi connectivity index (χ3v) is 5.77. The van der Waals surface area contributed by atoms with Crippen LogP contribution in [0.2, 0.25) is 0 Å². The van der Waals surface area contributed by atoms with Gasteiger partial charge in [-0.1, -0.05) is 28.4 Å². The van der Waals surface area contributed by atoms with Crippen molar-refractivity contribution in [1.82, 2.24) is 5.32 Å². The fourth-order valence-corrected chi connectivity index (χ4v) is 3.92. The van der Waals surface area contributed by atoms with E-state index in [2.05, 4.69) is 26.0 Å². The molecule has 1 aromatic carbocycles. The van der Waals surface area contributed by atoms with Crippen molar-refractivity contribution >= 4 is 31.6 Å². The first kappa shape index (κ1) is 15.8. The van der Waals surface area contributed by atoms with E-state index in [-0.39, 0.29) is 5.75 Å². The maximum Gasteiger partial charge on any atom is 0.232 e. The number of benzene rings is 1. The summed E-state index contributed by atoms with van der Waals surface area (Å²) in [6.07, 6.45) is 4.13. The van der Waals surface area contributed by atoms with Crippen molar-refractivity contribution in [2.45, 2.75) is 38.6 Å². The minimum absolute atomic E-state index is 0.163. The van der Waals surface area contributed by atoms with Gasteiger partial charge in [0.1, 0.15) is 0 Å². The van der Waals surface area contributed by atoms with E-state index in [0.29, 0.717) is 18.2 Å². The molecule has 6 heteroatoms. The highest BCUT2D eigenvalue weighted by Crippen LogP contribution is 2.21. The van der Waals surface area contributed by atoms with Gasteiger partial charge >= 0.3 is 0 Å². The second-order valence-corrected chi connectivity index (χ2v) is 8.02. The van der Waals surface area contributed by atoms with Gasteiger partial charge in [-0.3, -0.25) is 4.72 Å². The van der Waals surface area contributed by atoms with Crippen LogP contribution in [0.15, 0.2) is 22.7 Å². The number of piperidine rings is 1. The molecule has 0 saturated carbocycles. The van der Waals surface area contributed by atoms with Gasteiger partial charge in [-0.05, 0) is 50.4 Å². The molecule has 1 heterocycles. The van der Waals surface area contributed by atoms with Crippen LogP contribution in [0.1, 0.15) is 31.2 Å². The lowest BCUT2D eigenvalue weighted by molar-refractivity contribution is 0.393. The lowest BCUT2D eigenvalue weighted by Crippen LogP contribution is -2.36. The second kappa shape index (κ2) is 6.91. The Labute approximate surface area is 129 Å². The standard InChI is InChI=1S/C14H21BrN2O2S/c1-11-5-6-13(10-14(11)15)17-20(18,19)9-7-12-4-2-3-8-16-12/h5-6,10,12,16-17H,2-4,7-9H2,1H3. The Morgan fingerprint density at radius 2 is 2.20 bits per heavy atom. The van der Waals surface area contributed by atoms with Gasteiger partial charge < -0.3 is 5.32 Å². The van der Waals surface area contributed by atoms with Crippen LogP contribution < -0.4 is 10.0 Å². The van der Waals surface area contributed by atoms with E-state index in [9.17, 15) is 8.42 Å². The first-order chi connectivity index (χ1) is 9.46. The largest absolute Gasteiger partial charge is 0.314 e. The van der Waals surface area contributed by atoms with Crippen LogP contribution >= 0.6 is 15.9 Å². The van der Waals surface area contributed by atoms with Gasteiger partial charge in [-0.15, -0.1) is 0 Å². The first-order valence-electron chi connectivity index (χ1n) is 6.96. The van der Waals surface area contributed by atoms with Crippen LogP contribution in [0.3, 0.4) is 0 Å². The molecule has 1 aliphatic heterocycles. The Morgan fingerprint density at radius 1 is 1.40 bits per heavy atom. The number of rotatable bonds is 5. The highest BCUT2D eigenvalue weighted by Gasteiger charge is 2.17. The predicted octanol–water partition coefficient (Wildman–Crippen LogP) is 3.03. The van der Waals surface area contributed by atoms with E-state index in [1.54, 1.807) is 12.1 Å². The Kier molecular flexibility index (Phi) is 5.46. The summed E-state index contributed by atoms with van der Waals surface area (Å²) in [4.78, 5) is 0. The summed E-state index contributed by atoms with van der Waals surface area (Å²) < 4.78 is 27.7. The monoisotopic (exact) mass is 360 g/mol. The molecule has 0 spiro atoms. The van der Waals surface area contributed by atoms with Crippen LogP contribution in [-0.4, -0.2) is 26.8 Å². The van der Waals surface area contributed by atoms with Crippen LogP contribution in [0.4, 0.5) is 5.69 Å². The van der Waals surface area contributed by atoms with Crippen molar-refractivity contribution in [3.8, 4) is 0 Å². The molecular formula is C14H21BrN2O2S. The van der Waals surface area contributed by atoms with Gasteiger partial charge in [0.2, 0.25) is 10.0 Å². The molecule has 20 heavy (non-hydrogen) atoms. The third kappa shape index (κ3) is 4.75. The van der Waals surface area contributed by atoms with E-state index in [0.717, 1.165) is 23.0 Å². The second-order valence-electron chi connectivity index (χ2n) is 5.32. The van der Waals surface area contributed by atoms with E-state index < -0.39 is 10.0 Å². The van der Waals surface area contributed by atoms with Crippen molar-refractivity contribution < 1.29 is 8.42 Å². The fraction of sp³-hybridized carbons (Fsp3) is 0.571. The highest BCUT2D eigenvalue weighted by atomic mass is 79.9. The Balaban J connectivity index is 1.91. The van der Waals surface area contributed by atoms with Crippen LogP contribution in [0.5, 0.6) is 0 Å². The SMILES string of the molecule is Cc1ccc(NS(=O)(=O)CCC2CCCCN2)cc1Br. The molecule has 0 aliphatic carbocycles. The Bertz CT molecular complexity index is 554. The molecule has 1 fully saturated rings. The predicted molar refractivity (Wildman–Crippen MR) is 86.5 cm³/mol. The molecule has 2 rings (SSSR count). The summed E-state index contributed by atoms with van der Waals surface area (Å²) in [5.41, 5.74) is 1.69. The molecule has 1 atom stereocenters. The Hall–Kier alpha value is -0.590. The molecule has 1 unspecified atom stereocenters. The molecule has 112 valence electrons. The molecule has 0 aromatic heterocycles. The molecular weight excluding hydrogens is 340 g/mol. The lowest BCUT2D eigenvalue weighted by Gasteiger charge is -2.23. The van der Waals surface area contributed by atoms with Gasteiger partial charge in [-0.25, -0.2) is 8.42 Å². The van der Waals surface area contributed by atoms with E-state index in [1.165, 1.54) is 12.8 Å². The normalized spacial score (nSPS) is 19.8. The van der Waals surface area contributed by atoms with Crippen molar-refractivity contribution in [2.75, 3.05) is 17.0 Å². The van der Waals surface area contributed by atoms with Crippen molar-refractivity contribution in [1.29, 1.82) is 0 Å². The quantitative estimate of drug-likeness (QED) is 0.848. The molecule has 4 nitrogen and oxygen atoms in total. The van der Waals surface area contributed by atoms with Gasteiger partial charge in [-0.2, -0.15) is 0 Å². The summed E-state index contributed by atoms with van der Waals surface area (Å²) in [5.74, 6) is 0.163. The van der Waals surface area contributed by atoms with Crippen LogP contribution in [0, 0.1) is 6.92 Å². The smallest absolute Gasteiger partial charge is 0.232 e. The summed E-state index contributed by atoms with van der Waals surface area (Å²) >= 11 is 3.41. The minimum Gasteiger partial charge on any atom is -0.314 e. The summed E-state index contributed by atoms with van der Waals surface area (Å²) in [7, 11) is -3.27. The van der Waals surface area contributed by atoms with E-state index in [4.69, 9.17) is 0 Å². The van der Waals surface area contributed by atoms with Gasteiger partial charge in [0, 0.05) is 16.2 Å². The highest BCUT2D eigenvalue weighted by molar-refractivity contribution is 9.10. The van der Waals surface area contributed by atoms with Crippen molar-refractivity contribution in [2.24, 2.45) is 0 Å². The average molecular weight is 361 g/mol. The van der Waals surface area contributed by atoms with Crippen LogP contribution in [0.25, 0.3) is 0 Å². The van der Waals surface area contributed by atoms with Crippen molar-refractivity contribution in [3.63, 3.8) is 0 Å². The molecule has 1 aromatic rings. The lowest BCUT2D eigenvalue weighted by atomic mass is 10.0. The van der Waals surface area contributed by atoms with Crippen LogP contribution in [-0.2, 0) is 10.0 Å². The van der Waals surface area contributed by atoms with Gasteiger partial charge in [0.05, 0.1) is 5.75 Å². The molecule has 2 N–H and O–H groups in total. The number of anilines is 1. The molecule has 1 saturated heterocycles. The molecule has 0 radical (unpaired) electrons. The number of nitrogens with one attached hydrogen (secondary N) is 2. The maximum atomic E-state index is 12.1.